The average molecular weight is 370 g/mol. The molecular weight excluding hydrogens is 357 g/mol. The molecule has 0 atom stereocenters. The van der Waals surface area contributed by atoms with Gasteiger partial charge < -0.3 is 40.7 Å². The second-order valence-electron chi connectivity index (χ2n) is 1.47. The van der Waals surface area contributed by atoms with Crippen LogP contribution < -0.4 is 15.3 Å². The second-order valence-corrected chi connectivity index (χ2v) is 1.47. The van der Waals surface area contributed by atoms with Crippen LogP contribution >= 0.6 is 0 Å². The first-order chi connectivity index (χ1) is 5.20. The van der Waals surface area contributed by atoms with E-state index in [0.717, 1.165) is 20.8 Å². The zero-order valence-corrected chi connectivity index (χ0v) is 10.6. The molecule has 0 aromatic carbocycles. The molecule has 0 bridgehead atoms. The molecule has 8 nitrogen and oxygen atoms in total. The molecule has 0 aromatic rings. The third kappa shape index (κ3) is 15600. The van der Waals surface area contributed by atoms with E-state index in [1.165, 1.54) is 0 Å². The Hall–Kier alpha value is -0.345. The molecule has 93 valence electrons. The zero-order valence-electron chi connectivity index (χ0n) is 8.30. The standard InChI is InChI=1S/3C2H4O2.Gd.2H2O/c3*1-2(3)4;;;/h3*1H3,(H,3,4);;2*1H2/q;;;+3;;/p-3. The van der Waals surface area contributed by atoms with Crippen LogP contribution in [0, 0.1) is 39.9 Å². The summed E-state index contributed by atoms with van der Waals surface area (Å²) >= 11 is 0. The smallest absolute Gasteiger partial charge is 0.550 e. The fraction of sp³-hybridized carbons (Fsp3) is 0.500. The Morgan fingerprint density at radius 1 is 0.667 bits per heavy atom. The first-order valence-electron chi connectivity index (χ1n) is 2.72. The van der Waals surface area contributed by atoms with E-state index in [4.69, 9.17) is 29.7 Å². The SMILES string of the molecule is CC(=O)[O-].CC(=O)[O-].CC(=O)[O-].O.O.[Gd+3]. The van der Waals surface area contributed by atoms with Gasteiger partial charge in [0.15, 0.2) is 0 Å². The topological polar surface area (TPSA) is 183 Å². The van der Waals surface area contributed by atoms with Gasteiger partial charge in [0.05, 0.1) is 0 Å². The van der Waals surface area contributed by atoms with Crippen LogP contribution in [0.15, 0.2) is 0 Å². The molecule has 0 amide bonds. The summed E-state index contributed by atoms with van der Waals surface area (Å²) in [5, 5.41) is 26.7. The molecule has 0 aliphatic heterocycles. The van der Waals surface area contributed by atoms with Crippen molar-refractivity contribution in [2.75, 3.05) is 0 Å². The van der Waals surface area contributed by atoms with Crippen LogP contribution in [0.25, 0.3) is 0 Å². The summed E-state index contributed by atoms with van der Waals surface area (Å²) in [6.07, 6.45) is 0. The summed E-state index contributed by atoms with van der Waals surface area (Å²) in [4.78, 5) is 26.7. The molecule has 0 saturated carbocycles. The predicted octanol–water partition coefficient (Wildman–Crippen LogP) is -5.38. The van der Waals surface area contributed by atoms with Gasteiger partial charge in [0.1, 0.15) is 0 Å². The van der Waals surface area contributed by atoms with Crippen LogP contribution in [0.2, 0.25) is 0 Å². The van der Waals surface area contributed by atoms with Crippen molar-refractivity contribution in [2.45, 2.75) is 20.8 Å². The van der Waals surface area contributed by atoms with E-state index in [2.05, 4.69) is 0 Å². The van der Waals surface area contributed by atoms with Gasteiger partial charge in [-0.2, -0.15) is 0 Å². The van der Waals surface area contributed by atoms with Crippen LogP contribution in [-0.2, 0) is 14.4 Å². The molecule has 9 heteroatoms. The molecule has 1 radical (unpaired) electrons. The largest absolute Gasteiger partial charge is 3.00 e. The van der Waals surface area contributed by atoms with E-state index in [9.17, 15) is 0 Å². The molecule has 0 heterocycles. The molecule has 0 spiro atoms. The first-order valence-corrected chi connectivity index (χ1v) is 2.72. The van der Waals surface area contributed by atoms with E-state index in [-0.39, 0.29) is 50.9 Å². The van der Waals surface area contributed by atoms with Gasteiger partial charge in [-0.1, -0.05) is 0 Å². The van der Waals surface area contributed by atoms with Crippen molar-refractivity contribution in [3.63, 3.8) is 0 Å². The van der Waals surface area contributed by atoms with E-state index < -0.39 is 17.9 Å². The van der Waals surface area contributed by atoms with Gasteiger partial charge in [-0.15, -0.1) is 0 Å². The molecule has 0 fully saturated rings. The number of aliphatic carboxylic acids is 3. The Morgan fingerprint density at radius 2 is 0.667 bits per heavy atom. The summed E-state index contributed by atoms with van der Waals surface area (Å²) in [5.74, 6) is -3.25. The molecule has 4 N–H and O–H groups in total. The quantitative estimate of drug-likeness (QED) is 0.409. The van der Waals surface area contributed by atoms with Crippen molar-refractivity contribution < 1.29 is 80.6 Å². The minimum atomic E-state index is -1.08. The molecule has 0 aliphatic rings. The summed E-state index contributed by atoms with van der Waals surface area (Å²) in [6.45, 7) is 2.92. The minimum Gasteiger partial charge on any atom is -0.550 e. The van der Waals surface area contributed by atoms with Gasteiger partial charge >= 0.3 is 39.9 Å². The number of rotatable bonds is 0. The van der Waals surface area contributed by atoms with E-state index in [0.29, 0.717) is 0 Å². The van der Waals surface area contributed by atoms with Crippen molar-refractivity contribution in [3.05, 3.63) is 0 Å². The van der Waals surface area contributed by atoms with Gasteiger partial charge in [-0.25, -0.2) is 0 Å². The maximum atomic E-state index is 8.89. The fourth-order valence-electron chi connectivity index (χ4n) is 0. The molecule has 15 heavy (non-hydrogen) atoms. The van der Waals surface area contributed by atoms with E-state index in [1.807, 2.05) is 0 Å². The zero-order chi connectivity index (χ0) is 10.7. The van der Waals surface area contributed by atoms with Crippen LogP contribution in [0.1, 0.15) is 20.8 Å². The van der Waals surface area contributed by atoms with Crippen LogP contribution in [0.5, 0.6) is 0 Å². The Kier molecular flexibility index (Phi) is 71.0. The van der Waals surface area contributed by atoms with Crippen LogP contribution in [-0.4, -0.2) is 28.9 Å². The molecule has 0 aliphatic carbocycles. The molecule has 0 unspecified atom stereocenters. The van der Waals surface area contributed by atoms with Gasteiger partial charge in [-0.05, 0) is 20.8 Å². The third-order valence-corrected chi connectivity index (χ3v) is 0. The first kappa shape index (κ1) is 36.5. The number of carbonyl (C=O) groups is 3. The minimum absolute atomic E-state index is 0. The number of hydrogen-bond acceptors (Lipinski definition) is 6. The monoisotopic (exact) mass is 371 g/mol. The summed E-state index contributed by atoms with van der Waals surface area (Å²) in [5.41, 5.74) is 0. The maximum absolute atomic E-state index is 8.89. The number of carboxylic acid groups (broad SMARTS) is 3. The van der Waals surface area contributed by atoms with Crippen molar-refractivity contribution in [2.24, 2.45) is 0 Å². The van der Waals surface area contributed by atoms with Gasteiger partial charge in [0, 0.05) is 17.9 Å². The Morgan fingerprint density at radius 3 is 0.667 bits per heavy atom. The van der Waals surface area contributed by atoms with Crippen molar-refractivity contribution in [1.29, 1.82) is 0 Å². The van der Waals surface area contributed by atoms with Gasteiger partial charge in [0.2, 0.25) is 0 Å². The van der Waals surface area contributed by atoms with Gasteiger partial charge in [0.25, 0.3) is 0 Å². The molecule has 0 aromatic heterocycles. The Labute approximate surface area is 119 Å². The maximum Gasteiger partial charge on any atom is 3.00 e. The van der Waals surface area contributed by atoms with Crippen molar-refractivity contribution >= 4 is 17.9 Å². The summed E-state index contributed by atoms with van der Waals surface area (Å²) in [6, 6.07) is 0. The van der Waals surface area contributed by atoms with Crippen LogP contribution in [0.4, 0.5) is 0 Å². The second kappa shape index (κ2) is 29.2. The van der Waals surface area contributed by atoms with Crippen molar-refractivity contribution in [1.82, 2.24) is 0 Å². The fourth-order valence-corrected chi connectivity index (χ4v) is 0. The average Bonchev–Trinajstić information content (AvgIpc) is 1.54. The summed E-state index contributed by atoms with van der Waals surface area (Å²) < 4.78 is 0. The van der Waals surface area contributed by atoms with Crippen LogP contribution in [0.3, 0.4) is 0 Å². The number of carboxylic acids is 3. The number of hydrogen-bond donors (Lipinski definition) is 0. The van der Waals surface area contributed by atoms with Crippen molar-refractivity contribution in [3.8, 4) is 0 Å². The Bertz CT molecular complexity index is 117. The third-order valence-electron chi connectivity index (χ3n) is 0. The van der Waals surface area contributed by atoms with E-state index in [1.54, 1.807) is 0 Å². The predicted molar refractivity (Wildman–Crippen MR) is 39.3 cm³/mol. The molecular formula is C6H13GdO8. The van der Waals surface area contributed by atoms with Gasteiger partial charge in [-0.3, -0.25) is 0 Å². The summed E-state index contributed by atoms with van der Waals surface area (Å²) in [7, 11) is 0. The Balaban J connectivity index is -0.0000000184. The molecule has 0 rings (SSSR count). The number of carbonyl (C=O) groups excluding carboxylic acids is 3. The van der Waals surface area contributed by atoms with E-state index >= 15 is 0 Å². The molecule has 0 saturated heterocycles. The normalized spacial score (nSPS) is 5.00.